The Kier molecular flexibility index (Phi) is 5.34. The third-order valence-electron chi connectivity index (χ3n) is 3.12. The van der Waals surface area contributed by atoms with Crippen molar-refractivity contribution in [1.29, 1.82) is 0 Å². The smallest absolute Gasteiger partial charge is 0.205 e. The molecule has 2 rings (SSSR count). The monoisotopic (exact) mass is 270 g/mol. The lowest BCUT2D eigenvalue weighted by Crippen LogP contribution is -2.21. The lowest BCUT2D eigenvalue weighted by Gasteiger charge is -2.13. The highest BCUT2D eigenvalue weighted by atomic mass is 32.1. The Morgan fingerprint density at radius 3 is 3.17 bits per heavy atom. The summed E-state index contributed by atoms with van der Waals surface area (Å²) in [4.78, 5) is 2.44. The zero-order valence-electron chi connectivity index (χ0n) is 11.2. The van der Waals surface area contributed by atoms with E-state index in [1.54, 1.807) is 18.4 Å². The predicted molar refractivity (Wildman–Crippen MR) is 73.9 cm³/mol. The fourth-order valence-electron chi connectivity index (χ4n) is 2.24. The van der Waals surface area contributed by atoms with Gasteiger partial charge in [-0.1, -0.05) is 18.3 Å². The van der Waals surface area contributed by atoms with E-state index >= 15 is 0 Å². The molecule has 2 heterocycles. The summed E-state index contributed by atoms with van der Waals surface area (Å²) < 4.78 is 5.21. The largest absolute Gasteiger partial charge is 0.384 e. The van der Waals surface area contributed by atoms with Crippen molar-refractivity contribution in [1.82, 2.24) is 15.1 Å². The van der Waals surface area contributed by atoms with Crippen molar-refractivity contribution >= 4 is 16.5 Å². The average molecular weight is 270 g/mol. The van der Waals surface area contributed by atoms with Crippen LogP contribution in [0.3, 0.4) is 0 Å². The molecule has 6 heteroatoms. The minimum Gasteiger partial charge on any atom is -0.384 e. The lowest BCUT2D eigenvalue weighted by molar-refractivity contribution is 0.152. The molecule has 1 aliphatic heterocycles. The highest BCUT2D eigenvalue weighted by Crippen LogP contribution is 2.21. The van der Waals surface area contributed by atoms with Crippen molar-refractivity contribution in [2.24, 2.45) is 5.92 Å². The third-order valence-corrected chi connectivity index (χ3v) is 3.99. The molecule has 5 nitrogen and oxygen atoms in total. The van der Waals surface area contributed by atoms with Crippen LogP contribution in [0.1, 0.15) is 24.8 Å². The third kappa shape index (κ3) is 3.90. The van der Waals surface area contributed by atoms with E-state index < -0.39 is 0 Å². The van der Waals surface area contributed by atoms with Crippen LogP contribution in [0.15, 0.2) is 0 Å². The van der Waals surface area contributed by atoms with E-state index in [0.29, 0.717) is 5.92 Å². The van der Waals surface area contributed by atoms with E-state index in [1.165, 1.54) is 6.42 Å². The number of nitrogens with zero attached hydrogens (tertiary/aromatic N) is 3. The van der Waals surface area contributed by atoms with Crippen molar-refractivity contribution in [2.75, 3.05) is 38.7 Å². The minimum atomic E-state index is 0.681. The number of anilines is 1. The van der Waals surface area contributed by atoms with Gasteiger partial charge < -0.3 is 10.1 Å². The van der Waals surface area contributed by atoms with E-state index in [-0.39, 0.29) is 0 Å². The fraction of sp³-hybridized carbons (Fsp3) is 0.833. The van der Waals surface area contributed by atoms with E-state index in [1.807, 2.05) is 0 Å². The Labute approximate surface area is 113 Å². The van der Waals surface area contributed by atoms with Gasteiger partial charge in [-0.05, 0) is 25.3 Å². The van der Waals surface area contributed by atoms with Gasteiger partial charge in [0.1, 0.15) is 5.01 Å². The highest BCUT2D eigenvalue weighted by molar-refractivity contribution is 7.15. The Morgan fingerprint density at radius 2 is 2.39 bits per heavy atom. The van der Waals surface area contributed by atoms with Gasteiger partial charge in [0.05, 0.1) is 13.2 Å². The van der Waals surface area contributed by atoms with Crippen molar-refractivity contribution in [2.45, 2.75) is 26.3 Å². The molecule has 102 valence electrons. The first-order chi connectivity index (χ1) is 8.81. The number of rotatable bonds is 7. The van der Waals surface area contributed by atoms with Crippen LogP contribution in [0.25, 0.3) is 0 Å². The Hall–Kier alpha value is -0.720. The van der Waals surface area contributed by atoms with Crippen LogP contribution in [-0.2, 0) is 11.3 Å². The summed E-state index contributed by atoms with van der Waals surface area (Å²) in [5.74, 6) is 0.681. The van der Waals surface area contributed by atoms with Gasteiger partial charge in [-0.25, -0.2) is 0 Å². The molecule has 18 heavy (non-hydrogen) atoms. The number of methoxy groups -OCH3 is 1. The van der Waals surface area contributed by atoms with Crippen LogP contribution in [0.2, 0.25) is 0 Å². The Bertz CT molecular complexity index is 358. The molecule has 1 aromatic heterocycles. The molecule has 1 N–H and O–H groups in total. The molecule has 0 spiro atoms. The molecule has 1 unspecified atom stereocenters. The molecule has 1 aromatic rings. The summed E-state index contributed by atoms with van der Waals surface area (Å²) in [6, 6.07) is 0. The molecule has 1 saturated heterocycles. The van der Waals surface area contributed by atoms with Crippen LogP contribution in [0.4, 0.5) is 5.13 Å². The number of nitrogens with one attached hydrogen (secondary N) is 1. The average Bonchev–Trinajstić information content (AvgIpc) is 2.98. The number of hydrogen-bond acceptors (Lipinski definition) is 6. The van der Waals surface area contributed by atoms with E-state index in [2.05, 4.69) is 27.3 Å². The van der Waals surface area contributed by atoms with Gasteiger partial charge in [0.15, 0.2) is 0 Å². The summed E-state index contributed by atoms with van der Waals surface area (Å²) >= 11 is 1.67. The fourth-order valence-corrected chi connectivity index (χ4v) is 3.05. The molecule has 1 aliphatic rings. The van der Waals surface area contributed by atoms with Crippen LogP contribution in [0, 0.1) is 5.92 Å². The van der Waals surface area contributed by atoms with E-state index in [4.69, 9.17) is 4.74 Å². The molecule has 0 saturated carbocycles. The van der Waals surface area contributed by atoms with Crippen LogP contribution < -0.4 is 5.32 Å². The van der Waals surface area contributed by atoms with Crippen molar-refractivity contribution in [3.8, 4) is 0 Å². The molecule has 0 aliphatic carbocycles. The van der Waals surface area contributed by atoms with Crippen LogP contribution >= 0.6 is 11.3 Å². The van der Waals surface area contributed by atoms with Crippen molar-refractivity contribution in [3.05, 3.63) is 5.01 Å². The summed E-state index contributed by atoms with van der Waals surface area (Å²) in [6.07, 6.45) is 2.34. The quantitative estimate of drug-likeness (QED) is 0.819. The van der Waals surface area contributed by atoms with Gasteiger partial charge in [0.2, 0.25) is 5.13 Å². The maximum Gasteiger partial charge on any atom is 0.205 e. The molecule has 0 amide bonds. The first-order valence-corrected chi connectivity index (χ1v) is 7.41. The number of aromatic nitrogens is 2. The number of ether oxygens (including phenoxy) is 1. The summed E-state index contributed by atoms with van der Waals surface area (Å²) in [6.45, 7) is 7.17. The second kappa shape index (κ2) is 7.01. The normalized spacial score (nSPS) is 20.4. The Morgan fingerprint density at radius 1 is 1.50 bits per heavy atom. The molecule has 0 aromatic carbocycles. The first kappa shape index (κ1) is 13.7. The second-order valence-electron chi connectivity index (χ2n) is 4.77. The van der Waals surface area contributed by atoms with E-state index in [9.17, 15) is 0 Å². The van der Waals surface area contributed by atoms with Gasteiger partial charge in [0, 0.05) is 20.2 Å². The standard InChI is InChI=1S/C12H22N4OS/c1-3-5-13-12-15-14-11(18-12)8-16-6-4-10(7-16)9-17-2/h10H,3-9H2,1-2H3,(H,13,15). The molecular weight excluding hydrogens is 248 g/mol. The van der Waals surface area contributed by atoms with Crippen molar-refractivity contribution in [3.63, 3.8) is 0 Å². The highest BCUT2D eigenvalue weighted by Gasteiger charge is 2.23. The molecule has 1 fully saturated rings. The predicted octanol–water partition coefficient (Wildman–Crippen LogP) is 1.83. The topological polar surface area (TPSA) is 50.3 Å². The zero-order valence-corrected chi connectivity index (χ0v) is 12.0. The van der Waals surface area contributed by atoms with Gasteiger partial charge in [-0.3, -0.25) is 4.90 Å². The zero-order chi connectivity index (χ0) is 12.8. The van der Waals surface area contributed by atoms with Gasteiger partial charge >= 0.3 is 0 Å². The minimum absolute atomic E-state index is 0.681. The second-order valence-corrected chi connectivity index (χ2v) is 5.83. The molecule has 0 bridgehead atoms. The van der Waals surface area contributed by atoms with Crippen LogP contribution in [0.5, 0.6) is 0 Å². The van der Waals surface area contributed by atoms with Gasteiger partial charge in [0.25, 0.3) is 0 Å². The van der Waals surface area contributed by atoms with E-state index in [0.717, 1.165) is 49.3 Å². The lowest BCUT2D eigenvalue weighted by atomic mass is 10.1. The maximum atomic E-state index is 5.21. The summed E-state index contributed by atoms with van der Waals surface area (Å²) in [7, 11) is 1.78. The summed E-state index contributed by atoms with van der Waals surface area (Å²) in [5.41, 5.74) is 0. The number of hydrogen-bond donors (Lipinski definition) is 1. The SMILES string of the molecule is CCCNc1nnc(CN2CCC(COC)C2)s1. The first-order valence-electron chi connectivity index (χ1n) is 6.59. The van der Waals surface area contributed by atoms with Gasteiger partial charge in [-0.15, -0.1) is 10.2 Å². The van der Waals surface area contributed by atoms with Gasteiger partial charge in [-0.2, -0.15) is 0 Å². The Balaban J connectivity index is 1.77. The van der Waals surface area contributed by atoms with Crippen molar-refractivity contribution < 1.29 is 4.74 Å². The maximum absolute atomic E-state index is 5.21. The number of likely N-dealkylation sites (tertiary alicyclic amines) is 1. The summed E-state index contributed by atoms with van der Waals surface area (Å²) in [5, 5.41) is 13.7. The molecular formula is C12H22N4OS. The molecule has 1 atom stereocenters. The van der Waals surface area contributed by atoms with Crippen LogP contribution in [-0.4, -0.2) is 48.4 Å². The molecule has 0 radical (unpaired) electrons.